The molecule has 2 aromatic carbocycles. The topological polar surface area (TPSA) is 85.3 Å². The van der Waals surface area contributed by atoms with Crippen LogP contribution < -0.4 is 9.47 Å². The van der Waals surface area contributed by atoms with Gasteiger partial charge in [-0.3, -0.25) is 9.59 Å². The van der Waals surface area contributed by atoms with Gasteiger partial charge in [-0.05, 0) is 62.7 Å². The Morgan fingerprint density at radius 3 is 2.22 bits per heavy atom. The van der Waals surface area contributed by atoms with Crippen molar-refractivity contribution in [3.63, 3.8) is 0 Å². The summed E-state index contributed by atoms with van der Waals surface area (Å²) in [5.74, 6) is -0.272. The molecule has 1 saturated heterocycles. The van der Waals surface area contributed by atoms with Gasteiger partial charge >= 0.3 is 0 Å². The van der Waals surface area contributed by atoms with Gasteiger partial charge < -0.3 is 24.2 Å². The van der Waals surface area contributed by atoms with Crippen molar-refractivity contribution in [3.05, 3.63) is 65.2 Å². The van der Waals surface area contributed by atoms with Crippen molar-refractivity contribution in [2.24, 2.45) is 0 Å². The lowest BCUT2D eigenvalue weighted by Gasteiger charge is -2.25. The van der Waals surface area contributed by atoms with Crippen LogP contribution in [0, 0.1) is 0 Å². The molecule has 7 nitrogen and oxygen atoms in total. The van der Waals surface area contributed by atoms with Gasteiger partial charge in [-0.25, -0.2) is 0 Å². The zero-order valence-corrected chi connectivity index (χ0v) is 18.8. The maximum Gasteiger partial charge on any atom is 0.295 e. The lowest BCUT2D eigenvalue weighted by molar-refractivity contribution is -0.140. The number of rotatable bonds is 9. The number of ketones is 1. The summed E-state index contributed by atoms with van der Waals surface area (Å²) in [6, 6.07) is 13.2. The molecule has 3 rings (SSSR count). The van der Waals surface area contributed by atoms with E-state index < -0.39 is 17.7 Å². The molecule has 1 atom stereocenters. The highest BCUT2D eigenvalue weighted by Gasteiger charge is 2.45. The van der Waals surface area contributed by atoms with Crippen LogP contribution >= 0.6 is 0 Å². The molecule has 0 aliphatic carbocycles. The third kappa shape index (κ3) is 4.94. The summed E-state index contributed by atoms with van der Waals surface area (Å²) in [4.78, 5) is 27.2. The molecule has 1 aliphatic rings. The lowest BCUT2D eigenvalue weighted by atomic mass is 9.95. The number of aliphatic hydroxyl groups is 1. The third-order valence-corrected chi connectivity index (χ3v) is 5.08. The fourth-order valence-electron chi connectivity index (χ4n) is 3.68. The molecule has 1 aliphatic heterocycles. The molecule has 0 bridgehead atoms. The Morgan fingerprint density at radius 1 is 1.03 bits per heavy atom. The number of hydrogen-bond acceptors (Lipinski definition) is 6. The Balaban J connectivity index is 2.05. The van der Waals surface area contributed by atoms with Gasteiger partial charge in [0.15, 0.2) is 0 Å². The maximum absolute atomic E-state index is 13.0. The van der Waals surface area contributed by atoms with Gasteiger partial charge in [-0.2, -0.15) is 0 Å². The van der Waals surface area contributed by atoms with Crippen molar-refractivity contribution in [1.29, 1.82) is 0 Å². The van der Waals surface area contributed by atoms with E-state index in [4.69, 9.17) is 14.2 Å². The summed E-state index contributed by atoms with van der Waals surface area (Å²) in [6.07, 6.45) is 0.0141. The largest absolute Gasteiger partial charge is 0.507 e. The number of amides is 1. The molecule has 1 fully saturated rings. The van der Waals surface area contributed by atoms with Gasteiger partial charge in [0, 0.05) is 19.2 Å². The average Bonchev–Trinajstić information content (AvgIpc) is 3.03. The van der Waals surface area contributed by atoms with Crippen LogP contribution in [-0.2, 0) is 14.3 Å². The predicted octanol–water partition coefficient (Wildman–Crippen LogP) is 3.94. The van der Waals surface area contributed by atoms with E-state index in [9.17, 15) is 14.7 Å². The van der Waals surface area contributed by atoms with Crippen LogP contribution in [0.2, 0.25) is 0 Å². The predicted molar refractivity (Wildman–Crippen MR) is 121 cm³/mol. The van der Waals surface area contributed by atoms with Gasteiger partial charge in [-0.15, -0.1) is 0 Å². The fourth-order valence-corrected chi connectivity index (χ4v) is 3.68. The highest BCUT2D eigenvalue weighted by atomic mass is 16.5. The summed E-state index contributed by atoms with van der Waals surface area (Å²) in [5, 5.41) is 11.1. The molecule has 1 amide bonds. The van der Waals surface area contributed by atoms with E-state index in [0.717, 1.165) is 0 Å². The molecule has 0 saturated carbocycles. The van der Waals surface area contributed by atoms with E-state index in [1.165, 1.54) is 12.0 Å². The second kappa shape index (κ2) is 10.3. The minimum Gasteiger partial charge on any atom is -0.507 e. The van der Waals surface area contributed by atoms with Crippen LogP contribution in [0.3, 0.4) is 0 Å². The van der Waals surface area contributed by atoms with Crippen molar-refractivity contribution < 1.29 is 28.9 Å². The van der Waals surface area contributed by atoms with E-state index >= 15 is 0 Å². The summed E-state index contributed by atoms with van der Waals surface area (Å²) in [5.41, 5.74) is 1.18. The number of hydrogen-bond donors (Lipinski definition) is 1. The van der Waals surface area contributed by atoms with Crippen LogP contribution in [0.4, 0.5) is 0 Å². The molecule has 170 valence electrons. The SMILES string of the molecule is CCOc1ccc(C2/C(=C(/O)c3ccc(OC(C)C)cc3)C(=O)C(=O)N2CCOC)cc1. The van der Waals surface area contributed by atoms with Crippen molar-refractivity contribution in [3.8, 4) is 11.5 Å². The van der Waals surface area contributed by atoms with Crippen molar-refractivity contribution in [1.82, 2.24) is 4.90 Å². The van der Waals surface area contributed by atoms with E-state index in [1.807, 2.05) is 20.8 Å². The van der Waals surface area contributed by atoms with Crippen molar-refractivity contribution >= 4 is 17.4 Å². The number of benzene rings is 2. The summed E-state index contributed by atoms with van der Waals surface area (Å²) < 4.78 is 16.3. The van der Waals surface area contributed by atoms with Gasteiger partial charge in [-0.1, -0.05) is 12.1 Å². The second-order valence-electron chi connectivity index (χ2n) is 7.68. The molecule has 32 heavy (non-hydrogen) atoms. The molecule has 7 heteroatoms. The number of carbonyl (C=O) groups excluding carboxylic acids is 2. The highest BCUT2D eigenvalue weighted by molar-refractivity contribution is 6.46. The first-order valence-corrected chi connectivity index (χ1v) is 10.6. The number of Topliss-reactive ketones (excluding diaryl/α,β-unsaturated/α-hetero) is 1. The van der Waals surface area contributed by atoms with Crippen molar-refractivity contribution in [2.45, 2.75) is 32.9 Å². The van der Waals surface area contributed by atoms with Gasteiger partial charge in [0.25, 0.3) is 11.7 Å². The van der Waals surface area contributed by atoms with Gasteiger partial charge in [0.05, 0.1) is 30.9 Å². The molecule has 0 spiro atoms. The van der Waals surface area contributed by atoms with Gasteiger partial charge in [0.2, 0.25) is 0 Å². The Labute approximate surface area is 188 Å². The van der Waals surface area contributed by atoms with Crippen LogP contribution in [0.15, 0.2) is 54.1 Å². The molecule has 1 N–H and O–H groups in total. The first-order valence-electron chi connectivity index (χ1n) is 10.6. The van der Waals surface area contributed by atoms with Gasteiger partial charge in [0.1, 0.15) is 17.3 Å². The number of aliphatic hydroxyl groups excluding tert-OH is 1. The first-order chi connectivity index (χ1) is 15.4. The van der Waals surface area contributed by atoms with Crippen LogP contribution in [0.1, 0.15) is 37.9 Å². The summed E-state index contributed by atoms with van der Waals surface area (Å²) >= 11 is 0. The zero-order chi connectivity index (χ0) is 23.3. The molecule has 0 radical (unpaired) electrons. The van der Waals surface area contributed by atoms with Crippen molar-refractivity contribution in [2.75, 3.05) is 26.9 Å². The Kier molecular flexibility index (Phi) is 7.53. The minimum atomic E-state index is -0.729. The second-order valence-corrected chi connectivity index (χ2v) is 7.68. The number of ether oxygens (including phenoxy) is 3. The molecular formula is C25H29NO6. The maximum atomic E-state index is 13.0. The standard InChI is InChI=1S/C25H29NO6/c1-5-31-19-10-6-17(7-11-19)22-21(24(28)25(29)26(22)14-15-30-4)23(27)18-8-12-20(13-9-18)32-16(2)3/h6-13,16,22,27H,5,14-15H2,1-4H3/b23-21-. The van der Waals surface area contributed by atoms with E-state index in [0.29, 0.717) is 29.2 Å². The Morgan fingerprint density at radius 2 is 1.66 bits per heavy atom. The fraction of sp³-hybridized carbons (Fsp3) is 0.360. The van der Waals surface area contributed by atoms with Crippen LogP contribution in [0.25, 0.3) is 5.76 Å². The minimum absolute atomic E-state index is 0.0141. The lowest BCUT2D eigenvalue weighted by Crippen LogP contribution is -2.32. The zero-order valence-electron chi connectivity index (χ0n) is 18.8. The Hall–Kier alpha value is -3.32. The van der Waals surface area contributed by atoms with Crippen LogP contribution in [0.5, 0.6) is 11.5 Å². The molecule has 1 heterocycles. The molecule has 0 aromatic heterocycles. The number of nitrogens with zero attached hydrogens (tertiary/aromatic N) is 1. The molecular weight excluding hydrogens is 410 g/mol. The highest BCUT2D eigenvalue weighted by Crippen LogP contribution is 2.39. The number of likely N-dealkylation sites (tertiary alicyclic amines) is 1. The molecule has 1 unspecified atom stereocenters. The smallest absolute Gasteiger partial charge is 0.295 e. The summed E-state index contributed by atoms with van der Waals surface area (Å²) in [7, 11) is 1.53. The average molecular weight is 440 g/mol. The third-order valence-electron chi connectivity index (χ3n) is 5.08. The normalized spacial score (nSPS) is 17.8. The molecule has 2 aromatic rings. The number of carbonyl (C=O) groups is 2. The number of methoxy groups -OCH3 is 1. The van der Waals surface area contributed by atoms with Crippen LogP contribution in [-0.4, -0.2) is 54.7 Å². The van der Waals surface area contributed by atoms with E-state index in [-0.39, 0.29) is 30.6 Å². The quantitative estimate of drug-likeness (QED) is 0.362. The van der Waals surface area contributed by atoms with E-state index in [1.54, 1.807) is 48.5 Å². The van der Waals surface area contributed by atoms with E-state index in [2.05, 4.69) is 0 Å². The first kappa shape index (κ1) is 23.3. The Bertz CT molecular complexity index is 978. The summed E-state index contributed by atoms with van der Waals surface area (Å²) in [6.45, 7) is 6.75. The monoisotopic (exact) mass is 439 g/mol.